The number of carbonyl (C=O) groups excluding carboxylic acids is 1. The van der Waals surface area contributed by atoms with E-state index < -0.39 is 0 Å². The van der Waals surface area contributed by atoms with Crippen LogP contribution in [0, 0.1) is 12.8 Å². The predicted molar refractivity (Wildman–Crippen MR) is 59.2 cm³/mol. The zero-order valence-electron chi connectivity index (χ0n) is 9.40. The Kier molecular flexibility index (Phi) is 2.24. The van der Waals surface area contributed by atoms with Crippen LogP contribution in [-0.2, 0) is 0 Å². The maximum Gasteiger partial charge on any atom is 0.290 e. The molecule has 86 valence electrons. The predicted octanol–water partition coefficient (Wildman–Crippen LogP) is 1.02. The maximum atomic E-state index is 12.3. The third kappa shape index (κ3) is 1.37. The highest BCUT2D eigenvalue weighted by atomic mass is 16.3. The van der Waals surface area contributed by atoms with Gasteiger partial charge in [0.1, 0.15) is 0 Å². The molecule has 0 aliphatic carbocycles. The quantitative estimate of drug-likeness (QED) is 0.768. The van der Waals surface area contributed by atoms with Gasteiger partial charge in [0.25, 0.3) is 5.91 Å². The van der Waals surface area contributed by atoms with E-state index in [1.54, 1.807) is 6.26 Å². The molecule has 1 aromatic rings. The van der Waals surface area contributed by atoms with Gasteiger partial charge in [-0.05, 0) is 25.3 Å². The lowest BCUT2D eigenvalue weighted by Crippen LogP contribution is -2.39. The minimum atomic E-state index is 0.0544. The summed E-state index contributed by atoms with van der Waals surface area (Å²) in [7, 11) is 0. The number of likely N-dealkylation sites (tertiary alicyclic amines) is 1. The molecule has 2 fully saturated rings. The zero-order valence-corrected chi connectivity index (χ0v) is 9.40. The third-order valence-corrected chi connectivity index (χ3v) is 3.76. The van der Waals surface area contributed by atoms with E-state index in [2.05, 4.69) is 5.32 Å². The van der Waals surface area contributed by atoms with Gasteiger partial charge in [0, 0.05) is 31.2 Å². The van der Waals surface area contributed by atoms with Crippen LogP contribution in [0.4, 0.5) is 0 Å². The fraction of sp³-hybridized carbons (Fsp3) is 0.583. The number of nitrogens with one attached hydrogen (secondary N) is 1. The van der Waals surface area contributed by atoms with Crippen molar-refractivity contribution in [2.45, 2.75) is 19.4 Å². The molecule has 0 saturated carbocycles. The van der Waals surface area contributed by atoms with Gasteiger partial charge in [0.2, 0.25) is 0 Å². The van der Waals surface area contributed by atoms with Gasteiger partial charge in [-0.2, -0.15) is 0 Å². The first-order valence-electron chi connectivity index (χ1n) is 5.83. The lowest BCUT2D eigenvalue weighted by molar-refractivity contribution is 0.0703. The molecule has 2 aliphatic rings. The summed E-state index contributed by atoms with van der Waals surface area (Å²) in [6.45, 7) is 4.76. The molecular formula is C12H16N2O2. The van der Waals surface area contributed by atoms with E-state index in [0.717, 1.165) is 31.6 Å². The molecule has 4 heteroatoms. The number of fused-ring (bicyclic) bond motifs is 1. The fourth-order valence-corrected chi connectivity index (χ4v) is 2.82. The van der Waals surface area contributed by atoms with E-state index in [0.29, 0.717) is 17.7 Å². The molecule has 1 aromatic heterocycles. The largest absolute Gasteiger partial charge is 0.459 e. The van der Waals surface area contributed by atoms with Gasteiger partial charge >= 0.3 is 0 Å². The summed E-state index contributed by atoms with van der Waals surface area (Å²) in [6.07, 6.45) is 2.70. The van der Waals surface area contributed by atoms with E-state index in [-0.39, 0.29) is 5.91 Å². The van der Waals surface area contributed by atoms with Gasteiger partial charge in [-0.3, -0.25) is 4.79 Å². The topological polar surface area (TPSA) is 45.5 Å². The number of hydrogen-bond acceptors (Lipinski definition) is 3. The monoisotopic (exact) mass is 220 g/mol. The van der Waals surface area contributed by atoms with Crippen molar-refractivity contribution in [3.63, 3.8) is 0 Å². The Balaban J connectivity index is 1.83. The van der Waals surface area contributed by atoms with Crippen molar-refractivity contribution in [2.24, 2.45) is 5.92 Å². The lowest BCUT2D eigenvalue weighted by atomic mass is 10.1. The Hall–Kier alpha value is -1.29. The molecule has 3 heterocycles. The molecule has 0 spiro atoms. The van der Waals surface area contributed by atoms with E-state index in [1.807, 2.05) is 17.9 Å². The first-order valence-corrected chi connectivity index (χ1v) is 5.83. The second-order valence-corrected chi connectivity index (χ2v) is 4.71. The first kappa shape index (κ1) is 9.90. The second-order valence-electron chi connectivity index (χ2n) is 4.71. The number of rotatable bonds is 1. The van der Waals surface area contributed by atoms with Crippen molar-refractivity contribution < 1.29 is 9.21 Å². The minimum Gasteiger partial charge on any atom is -0.459 e. The third-order valence-electron chi connectivity index (χ3n) is 3.76. The highest BCUT2D eigenvalue weighted by molar-refractivity contribution is 5.93. The summed E-state index contributed by atoms with van der Waals surface area (Å²) in [5.74, 6) is 1.20. The average molecular weight is 220 g/mol. The van der Waals surface area contributed by atoms with Crippen molar-refractivity contribution in [1.82, 2.24) is 10.2 Å². The number of hydrogen-bond donors (Lipinski definition) is 1. The van der Waals surface area contributed by atoms with Crippen LogP contribution in [0.15, 0.2) is 16.7 Å². The number of nitrogens with zero attached hydrogens (tertiary/aromatic N) is 1. The van der Waals surface area contributed by atoms with Gasteiger partial charge in [-0.25, -0.2) is 0 Å². The summed E-state index contributed by atoms with van der Waals surface area (Å²) in [5, 5.41) is 3.34. The van der Waals surface area contributed by atoms with E-state index in [9.17, 15) is 4.79 Å². The minimum absolute atomic E-state index is 0.0544. The van der Waals surface area contributed by atoms with Gasteiger partial charge in [-0.15, -0.1) is 0 Å². The Labute approximate surface area is 94.6 Å². The molecule has 16 heavy (non-hydrogen) atoms. The molecule has 0 bridgehead atoms. The highest BCUT2D eigenvalue weighted by Gasteiger charge is 2.41. The molecule has 4 nitrogen and oxygen atoms in total. The van der Waals surface area contributed by atoms with Gasteiger partial charge in [0.15, 0.2) is 5.76 Å². The SMILES string of the molecule is Cc1ccoc1C(=O)N1CC[C@H]2CNC[C@H]21. The molecule has 1 N–H and O–H groups in total. The summed E-state index contributed by atoms with van der Waals surface area (Å²) >= 11 is 0. The van der Waals surface area contributed by atoms with Crippen LogP contribution >= 0.6 is 0 Å². The van der Waals surface area contributed by atoms with Crippen LogP contribution in [0.25, 0.3) is 0 Å². The highest BCUT2D eigenvalue weighted by Crippen LogP contribution is 2.29. The van der Waals surface area contributed by atoms with Crippen molar-refractivity contribution in [2.75, 3.05) is 19.6 Å². The van der Waals surface area contributed by atoms with E-state index >= 15 is 0 Å². The van der Waals surface area contributed by atoms with Gasteiger partial charge in [-0.1, -0.05) is 0 Å². The molecule has 0 unspecified atom stereocenters. The standard InChI is InChI=1S/C12H16N2O2/c1-8-3-5-16-11(8)12(15)14-4-2-9-6-13-7-10(9)14/h3,5,9-10,13H,2,4,6-7H2,1H3/t9-,10+/m0/s1. The van der Waals surface area contributed by atoms with Crippen LogP contribution in [0.2, 0.25) is 0 Å². The normalized spacial score (nSPS) is 28.4. The molecule has 1 amide bonds. The molecule has 0 radical (unpaired) electrons. The molecule has 0 aromatic carbocycles. The number of furan rings is 1. The molecule has 2 saturated heterocycles. The Bertz CT molecular complexity index is 413. The lowest BCUT2D eigenvalue weighted by Gasteiger charge is -2.22. The van der Waals surface area contributed by atoms with E-state index in [1.165, 1.54) is 0 Å². The Morgan fingerprint density at radius 1 is 1.56 bits per heavy atom. The Morgan fingerprint density at radius 3 is 3.19 bits per heavy atom. The summed E-state index contributed by atoms with van der Waals surface area (Å²) < 4.78 is 5.28. The van der Waals surface area contributed by atoms with Crippen molar-refractivity contribution in [3.8, 4) is 0 Å². The molecule has 2 atom stereocenters. The van der Waals surface area contributed by atoms with Crippen LogP contribution in [0.3, 0.4) is 0 Å². The smallest absolute Gasteiger partial charge is 0.290 e. The summed E-state index contributed by atoms with van der Waals surface area (Å²) in [5.41, 5.74) is 0.930. The van der Waals surface area contributed by atoms with Crippen LogP contribution < -0.4 is 5.32 Å². The fourth-order valence-electron chi connectivity index (χ4n) is 2.82. The van der Waals surface area contributed by atoms with Crippen LogP contribution in [0.1, 0.15) is 22.5 Å². The van der Waals surface area contributed by atoms with Crippen molar-refractivity contribution in [3.05, 3.63) is 23.7 Å². The van der Waals surface area contributed by atoms with Crippen molar-refractivity contribution in [1.29, 1.82) is 0 Å². The van der Waals surface area contributed by atoms with E-state index in [4.69, 9.17) is 4.42 Å². The number of aryl methyl sites for hydroxylation is 1. The molecule has 3 rings (SSSR count). The van der Waals surface area contributed by atoms with Gasteiger partial charge < -0.3 is 14.6 Å². The number of carbonyl (C=O) groups is 1. The average Bonchev–Trinajstić information content (AvgIpc) is 2.90. The maximum absolute atomic E-state index is 12.3. The van der Waals surface area contributed by atoms with Crippen LogP contribution in [-0.4, -0.2) is 36.5 Å². The summed E-state index contributed by atoms with van der Waals surface area (Å²) in [6, 6.07) is 2.21. The Morgan fingerprint density at radius 2 is 2.44 bits per heavy atom. The summed E-state index contributed by atoms with van der Waals surface area (Å²) in [4.78, 5) is 14.2. The zero-order chi connectivity index (χ0) is 11.1. The number of amides is 1. The second kappa shape index (κ2) is 3.63. The first-order chi connectivity index (χ1) is 7.77. The molecular weight excluding hydrogens is 204 g/mol. The van der Waals surface area contributed by atoms with Crippen LogP contribution in [0.5, 0.6) is 0 Å². The van der Waals surface area contributed by atoms with Gasteiger partial charge in [0.05, 0.1) is 6.26 Å². The molecule has 2 aliphatic heterocycles. The van der Waals surface area contributed by atoms with Crippen molar-refractivity contribution >= 4 is 5.91 Å².